The van der Waals surface area contributed by atoms with Crippen molar-refractivity contribution in [3.63, 3.8) is 0 Å². The smallest absolute Gasteiger partial charge is 0.225 e. The highest BCUT2D eigenvalue weighted by atomic mass is 16.1. The Morgan fingerprint density at radius 1 is 1.32 bits per heavy atom. The number of carbonyl (C=O) groups excluding carboxylic acids is 1. The van der Waals surface area contributed by atoms with Gasteiger partial charge in [-0.2, -0.15) is 0 Å². The summed E-state index contributed by atoms with van der Waals surface area (Å²) in [6, 6.07) is 8.44. The summed E-state index contributed by atoms with van der Waals surface area (Å²) in [4.78, 5) is 23.5. The van der Waals surface area contributed by atoms with Crippen molar-refractivity contribution in [2.24, 2.45) is 0 Å². The van der Waals surface area contributed by atoms with Gasteiger partial charge in [-0.05, 0) is 82.1 Å². The van der Waals surface area contributed by atoms with Crippen LogP contribution in [0.1, 0.15) is 47.8 Å². The van der Waals surface area contributed by atoms with Crippen molar-refractivity contribution in [2.45, 2.75) is 45.6 Å². The molecule has 0 saturated carbocycles. The molecule has 3 heterocycles. The van der Waals surface area contributed by atoms with Crippen molar-refractivity contribution in [1.29, 1.82) is 0 Å². The predicted molar refractivity (Wildman–Crippen MR) is 99.5 cm³/mol. The molecule has 5 heteroatoms. The van der Waals surface area contributed by atoms with Gasteiger partial charge in [0.15, 0.2) is 0 Å². The normalized spacial score (nSPS) is 17.6. The molecule has 0 aliphatic carbocycles. The molecule has 132 valence electrons. The van der Waals surface area contributed by atoms with E-state index in [1.807, 2.05) is 26.0 Å². The van der Waals surface area contributed by atoms with Gasteiger partial charge in [-0.3, -0.25) is 14.7 Å². The van der Waals surface area contributed by atoms with Gasteiger partial charge in [0.25, 0.3) is 0 Å². The number of likely N-dealkylation sites (tertiary alicyclic amines) is 1. The molecule has 0 spiro atoms. The third-order valence-electron chi connectivity index (χ3n) is 4.72. The monoisotopic (exact) mass is 338 g/mol. The standard InChI is InChI=1S/C20H26N4O/c1-14-8-9-21-19(11-14)23-20(25)7-6-16-12-15(2)22-17(13-16)18-5-4-10-24(18)3/h8-9,11-13,18H,4-7,10H2,1-3H3,(H,21,23,25)/t18-/m1/s1. The topological polar surface area (TPSA) is 58.1 Å². The van der Waals surface area contributed by atoms with Crippen molar-refractivity contribution >= 4 is 11.7 Å². The highest BCUT2D eigenvalue weighted by molar-refractivity contribution is 5.89. The molecule has 1 atom stereocenters. The number of carbonyl (C=O) groups is 1. The molecule has 0 radical (unpaired) electrons. The van der Waals surface area contributed by atoms with Crippen LogP contribution < -0.4 is 5.32 Å². The van der Waals surface area contributed by atoms with Crippen LogP contribution >= 0.6 is 0 Å². The number of nitrogens with zero attached hydrogens (tertiary/aromatic N) is 3. The number of pyridine rings is 2. The van der Waals surface area contributed by atoms with E-state index in [4.69, 9.17) is 4.98 Å². The zero-order valence-electron chi connectivity index (χ0n) is 15.2. The van der Waals surface area contributed by atoms with Crippen molar-refractivity contribution in [3.05, 3.63) is 53.0 Å². The molecule has 0 unspecified atom stereocenters. The Morgan fingerprint density at radius 2 is 2.16 bits per heavy atom. The maximum Gasteiger partial charge on any atom is 0.225 e. The second-order valence-corrected chi connectivity index (χ2v) is 6.95. The second-order valence-electron chi connectivity index (χ2n) is 6.95. The van der Waals surface area contributed by atoms with Gasteiger partial charge in [0.1, 0.15) is 5.82 Å². The minimum Gasteiger partial charge on any atom is -0.311 e. The van der Waals surface area contributed by atoms with Gasteiger partial charge < -0.3 is 5.32 Å². The van der Waals surface area contributed by atoms with Crippen LogP contribution in [-0.4, -0.2) is 34.4 Å². The molecule has 1 aliphatic heterocycles. The minimum atomic E-state index is -0.00732. The van der Waals surface area contributed by atoms with Crippen LogP contribution in [0.3, 0.4) is 0 Å². The van der Waals surface area contributed by atoms with Crippen LogP contribution in [0.25, 0.3) is 0 Å². The number of aryl methyl sites for hydroxylation is 3. The lowest BCUT2D eigenvalue weighted by Gasteiger charge is -2.20. The number of anilines is 1. The summed E-state index contributed by atoms with van der Waals surface area (Å²) in [7, 11) is 2.16. The second kappa shape index (κ2) is 7.74. The third kappa shape index (κ3) is 4.63. The van der Waals surface area contributed by atoms with Crippen LogP contribution in [0, 0.1) is 13.8 Å². The molecule has 25 heavy (non-hydrogen) atoms. The van der Waals surface area contributed by atoms with Crippen LogP contribution in [0.5, 0.6) is 0 Å². The molecule has 2 aromatic heterocycles. The van der Waals surface area contributed by atoms with Gasteiger partial charge in [-0.1, -0.05) is 0 Å². The molecule has 1 amide bonds. The van der Waals surface area contributed by atoms with Gasteiger partial charge in [-0.15, -0.1) is 0 Å². The number of aromatic nitrogens is 2. The maximum atomic E-state index is 12.2. The Labute approximate surface area is 149 Å². The minimum absolute atomic E-state index is 0.00732. The fraction of sp³-hybridized carbons (Fsp3) is 0.450. The van der Waals surface area contributed by atoms with E-state index < -0.39 is 0 Å². The van der Waals surface area contributed by atoms with Crippen LogP contribution in [0.15, 0.2) is 30.5 Å². The first-order valence-electron chi connectivity index (χ1n) is 8.91. The largest absolute Gasteiger partial charge is 0.311 e. The molecular formula is C20H26N4O. The molecule has 1 aliphatic rings. The Balaban J connectivity index is 1.62. The van der Waals surface area contributed by atoms with E-state index in [1.54, 1.807) is 6.20 Å². The van der Waals surface area contributed by atoms with Gasteiger partial charge in [-0.25, -0.2) is 4.98 Å². The maximum absolute atomic E-state index is 12.2. The van der Waals surface area contributed by atoms with Gasteiger partial charge in [0.2, 0.25) is 5.91 Å². The first-order chi connectivity index (χ1) is 12.0. The Bertz CT molecular complexity index is 759. The molecule has 1 fully saturated rings. The van der Waals surface area contributed by atoms with Crippen molar-refractivity contribution in [1.82, 2.24) is 14.9 Å². The van der Waals surface area contributed by atoms with Gasteiger partial charge in [0, 0.05) is 18.3 Å². The molecule has 2 aromatic rings. The summed E-state index contributed by atoms with van der Waals surface area (Å²) in [5.41, 5.74) is 4.42. The van der Waals surface area contributed by atoms with Crippen molar-refractivity contribution < 1.29 is 4.79 Å². The van der Waals surface area contributed by atoms with Crippen molar-refractivity contribution in [3.8, 4) is 0 Å². The third-order valence-corrected chi connectivity index (χ3v) is 4.72. The fourth-order valence-corrected chi connectivity index (χ4v) is 3.43. The summed E-state index contributed by atoms with van der Waals surface area (Å²) in [5, 5.41) is 2.87. The zero-order chi connectivity index (χ0) is 17.8. The van der Waals surface area contributed by atoms with E-state index in [2.05, 4.69) is 34.4 Å². The first-order valence-corrected chi connectivity index (χ1v) is 8.91. The van der Waals surface area contributed by atoms with Crippen LogP contribution in [0.4, 0.5) is 5.82 Å². The number of rotatable bonds is 5. The van der Waals surface area contributed by atoms with E-state index in [-0.39, 0.29) is 5.91 Å². The Kier molecular flexibility index (Phi) is 5.43. The van der Waals surface area contributed by atoms with E-state index in [9.17, 15) is 4.79 Å². The average molecular weight is 338 g/mol. The first kappa shape index (κ1) is 17.5. The Hall–Kier alpha value is -2.27. The molecular weight excluding hydrogens is 312 g/mol. The molecule has 3 rings (SSSR count). The summed E-state index contributed by atoms with van der Waals surface area (Å²) in [6.07, 6.45) is 5.24. The van der Waals surface area contributed by atoms with Crippen LogP contribution in [-0.2, 0) is 11.2 Å². The predicted octanol–water partition coefficient (Wildman–Crippen LogP) is 3.43. The molecule has 0 aromatic carbocycles. The zero-order valence-corrected chi connectivity index (χ0v) is 15.2. The number of hydrogen-bond donors (Lipinski definition) is 1. The van der Waals surface area contributed by atoms with Crippen molar-refractivity contribution in [2.75, 3.05) is 18.9 Å². The van der Waals surface area contributed by atoms with E-state index >= 15 is 0 Å². The molecule has 0 bridgehead atoms. The number of hydrogen-bond acceptors (Lipinski definition) is 4. The highest BCUT2D eigenvalue weighted by Gasteiger charge is 2.24. The quantitative estimate of drug-likeness (QED) is 0.907. The van der Waals surface area contributed by atoms with E-state index in [1.165, 1.54) is 12.0 Å². The molecule has 5 nitrogen and oxygen atoms in total. The highest BCUT2D eigenvalue weighted by Crippen LogP contribution is 2.29. The summed E-state index contributed by atoms with van der Waals surface area (Å²) >= 11 is 0. The lowest BCUT2D eigenvalue weighted by Crippen LogP contribution is -2.19. The SMILES string of the molecule is Cc1ccnc(NC(=O)CCc2cc(C)nc([C@H]3CCCN3C)c2)c1. The van der Waals surface area contributed by atoms with Gasteiger partial charge in [0.05, 0.1) is 11.7 Å². The lowest BCUT2D eigenvalue weighted by molar-refractivity contribution is -0.116. The van der Waals surface area contributed by atoms with Gasteiger partial charge >= 0.3 is 0 Å². The lowest BCUT2D eigenvalue weighted by atomic mass is 10.0. The molecule has 1 saturated heterocycles. The average Bonchev–Trinajstić information content (AvgIpc) is 2.99. The van der Waals surface area contributed by atoms with Crippen LogP contribution in [0.2, 0.25) is 0 Å². The summed E-state index contributed by atoms with van der Waals surface area (Å²) < 4.78 is 0. The fourth-order valence-electron chi connectivity index (χ4n) is 3.43. The summed E-state index contributed by atoms with van der Waals surface area (Å²) in [5.74, 6) is 0.608. The molecule has 1 N–H and O–H groups in total. The van der Waals surface area contributed by atoms with E-state index in [0.29, 0.717) is 24.7 Å². The number of amides is 1. The number of nitrogens with one attached hydrogen (secondary N) is 1. The Morgan fingerprint density at radius 3 is 2.88 bits per heavy atom. The van der Waals surface area contributed by atoms with E-state index in [0.717, 1.165) is 29.9 Å². The summed E-state index contributed by atoms with van der Waals surface area (Å²) in [6.45, 7) is 5.14.